The maximum absolute atomic E-state index is 2.50. The second-order valence-corrected chi connectivity index (χ2v) is 15.3. The van der Waals surface area contributed by atoms with E-state index in [9.17, 15) is 0 Å². The highest BCUT2D eigenvalue weighted by Crippen LogP contribution is 2.50. The van der Waals surface area contributed by atoms with Crippen molar-refractivity contribution >= 4 is 33.1 Å². The molecule has 0 N–H and O–H groups in total. The number of para-hydroxylation sites is 2. The lowest BCUT2D eigenvalue weighted by molar-refractivity contribution is 0.624. The van der Waals surface area contributed by atoms with Crippen LogP contribution in [0, 0.1) is 0 Å². The fourth-order valence-electron chi connectivity index (χ4n) is 9.05. The second kappa shape index (κ2) is 13.7. The van der Waals surface area contributed by atoms with Gasteiger partial charge in [-0.2, -0.15) is 0 Å². The lowest BCUT2D eigenvalue weighted by Gasteiger charge is -2.32. The molecule has 264 valence electrons. The molecule has 1 heterocycles. The molecule has 0 aliphatic heterocycles. The van der Waals surface area contributed by atoms with Gasteiger partial charge in [-0.25, -0.2) is 0 Å². The highest BCUT2D eigenvalue weighted by Gasteiger charge is 2.39. The molecule has 54 heavy (non-hydrogen) atoms. The molecule has 0 saturated heterocycles. The van der Waals surface area contributed by atoms with Crippen molar-refractivity contribution in [3.8, 4) is 16.8 Å². The number of nitrogens with zero attached hydrogens (tertiary/aromatic N) is 2. The maximum Gasteiger partial charge on any atom is 0.0541 e. The van der Waals surface area contributed by atoms with Crippen molar-refractivity contribution in [2.75, 3.05) is 4.90 Å². The Morgan fingerprint density at radius 1 is 0.648 bits per heavy atom. The number of hydrogen-bond donors (Lipinski definition) is 0. The maximum atomic E-state index is 2.50. The van der Waals surface area contributed by atoms with Gasteiger partial charge in [0.05, 0.1) is 11.0 Å². The van der Waals surface area contributed by atoms with Crippen molar-refractivity contribution in [2.24, 2.45) is 0 Å². The van der Waals surface area contributed by atoms with Crippen molar-refractivity contribution in [3.63, 3.8) is 0 Å². The van der Waals surface area contributed by atoms with Crippen LogP contribution in [0.4, 0.5) is 5.69 Å². The molecule has 1 atom stereocenters. The van der Waals surface area contributed by atoms with Crippen molar-refractivity contribution < 1.29 is 0 Å². The highest BCUT2D eigenvalue weighted by molar-refractivity contribution is 6.10. The summed E-state index contributed by atoms with van der Waals surface area (Å²) in [7, 11) is 0. The van der Waals surface area contributed by atoms with Crippen LogP contribution >= 0.6 is 0 Å². The van der Waals surface area contributed by atoms with E-state index in [1.165, 1.54) is 83.5 Å². The first-order valence-corrected chi connectivity index (χ1v) is 19.3. The molecular formula is C52H46N2. The number of fused-ring (bicyclic) bond motifs is 4. The Kier molecular flexibility index (Phi) is 8.55. The summed E-state index contributed by atoms with van der Waals surface area (Å²) in [5, 5.41) is 2.54. The lowest BCUT2D eigenvalue weighted by Crippen LogP contribution is -2.24. The molecule has 0 spiro atoms. The third kappa shape index (κ3) is 5.74. The van der Waals surface area contributed by atoms with Gasteiger partial charge in [0.15, 0.2) is 0 Å². The molecule has 0 radical (unpaired) electrons. The van der Waals surface area contributed by atoms with Crippen LogP contribution in [0.3, 0.4) is 0 Å². The normalized spacial score (nSPS) is 17.4. The van der Waals surface area contributed by atoms with E-state index in [1.54, 1.807) is 0 Å². The summed E-state index contributed by atoms with van der Waals surface area (Å²) in [6.07, 6.45) is 11.4. The van der Waals surface area contributed by atoms with Gasteiger partial charge in [-0.3, -0.25) is 0 Å². The van der Waals surface area contributed by atoms with Gasteiger partial charge in [-0.15, -0.1) is 0 Å². The average molecular weight is 699 g/mol. The average Bonchev–Trinajstić information content (AvgIpc) is 3.66. The van der Waals surface area contributed by atoms with Gasteiger partial charge in [0, 0.05) is 44.9 Å². The zero-order chi connectivity index (χ0) is 36.8. The fraction of sp³-hybridized carbons (Fsp3) is 0.154. The Morgan fingerprint density at radius 3 is 2.04 bits per heavy atom. The summed E-state index contributed by atoms with van der Waals surface area (Å²) in [6, 6.07) is 55.4. The second-order valence-electron chi connectivity index (χ2n) is 15.3. The van der Waals surface area contributed by atoms with Crippen LogP contribution in [-0.4, -0.2) is 4.57 Å². The van der Waals surface area contributed by atoms with Crippen LogP contribution in [0.2, 0.25) is 0 Å². The molecule has 0 bridgehead atoms. The van der Waals surface area contributed by atoms with E-state index in [0.29, 0.717) is 5.92 Å². The van der Waals surface area contributed by atoms with E-state index in [4.69, 9.17) is 0 Å². The molecule has 9 rings (SSSR count). The predicted molar refractivity (Wildman–Crippen MR) is 230 cm³/mol. The fourth-order valence-corrected chi connectivity index (χ4v) is 9.05. The topological polar surface area (TPSA) is 8.17 Å². The Balaban J connectivity index is 1.12. The number of rotatable bonds is 7. The van der Waals surface area contributed by atoms with E-state index in [-0.39, 0.29) is 5.41 Å². The molecule has 0 fully saturated rings. The molecule has 1 aromatic heterocycles. The molecule has 2 aliphatic rings. The number of aromatic nitrogens is 1. The molecule has 2 nitrogen and oxygen atoms in total. The molecule has 2 heteroatoms. The molecule has 7 aromatic rings. The zero-order valence-electron chi connectivity index (χ0n) is 31.6. The Bertz CT molecular complexity index is 2630. The van der Waals surface area contributed by atoms with Gasteiger partial charge in [0.25, 0.3) is 0 Å². The predicted octanol–water partition coefficient (Wildman–Crippen LogP) is 13.9. The summed E-state index contributed by atoms with van der Waals surface area (Å²) in [5.41, 5.74) is 16.7. The van der Waals surface area contributed by atoms with Crippen molar-refractivity contribution in [3.05, 3.63) is 210 Å². The van der Waals surface area contributed by atoms with E-state index < -0.39 is 0 Å². The number of hydrogen-bond acceptors (Lipinski definition) is 1. The lowest BCUT2D eigenvalue weighted by atomic mass is 9.80. The number of anilines is 1. The van der Waals surface area contributed by atoms with E-state index in [0.717, 1.165) is 12.8 Å². The summed E-state index contributed by atoms with van der Waals surface area (Å²) >= 11 is 0. The minimum atomic E-state index is -0.0522. The molecule has 0 amide bonds. The van der Waals surface area contributed by atoms with Gasteiger partial charge < -0.3 is 9.47 Å². The highest BCUT2D eigenvalue weighted by atomic mass is 15.2. The Labute approximate surface area is 319 Å². The van der Waals surface area contributed by atoms with Crippen LogP contribution in [0.1, 0.15) is 63.1 Å². The zero-order valence-corrected chi connectivity index (χ0v) is 31.6. The SMILES string of the molecule is C/C=C(\C=C1/[C@@H](C)c2ccccc2C1(C)C)N(C1=CC=C(c2ccccc2)CC1)c1ccc(-c2ccc3c(c2)c2ccccc2n3-c2ccccc2)cc1. The van der Waals surface area contributed by atoms with Crippen LogP contribution in [0.5, 0.6) is 0 Å². The van der Waals surface area contributed by atoms with Crippen molar-refractivity contribution in [1.82, 2.24) is 4.57 Å². The smallest absolute Gasteiger partial charge is 0.0541 e. The minimum Gasteiger partial charge on any atom is -0.315 e. The van der Waals surface area contributed by atoms with Crippen LogP contribution < -0.4 is 4.90 Å². The standard InChI is InChI=1S/C52H46N2/c1-5-41(35-49-36(2)45-20-12-14-22-48(45)52(49,3)4)53(43-29-24-38(25-30-43)37-16-8-6-9-17-37)44-31-26-39(27-32-44)40-28-33-51-47(34-40)46-21-13-15-23-50(46)54(51)42-18-10-7-11-19-42/h5-24,26-29,31-36H,25,30H2,1-4H3/b41-5+,49-35+/t36-/m0/s1. The van der Waals surface area contributed by atoms with Crippen LogP contribution in [0.15, 0.2) is 193 Å². The molecule has 2 aliphatic carbocycles. The largest absolute Gasteiger partial charge is 0.315 e. The van der Waals surface area contributed by atoms with E-state index in [1.807, 2.05) is 0 Å². The van der Waals surface area contributed by atoms with Gasteiger partial charge in [-0.1, -0.05) is 148 Å². The molecule has 0 unspecified atom stereocenters. The first-order valence-electron chi connectivity index (χ1n) is 19.3. The van der Waals surface area contributed by atoms with Gasteiger partial charge in [0.2, 0.25) is 0 Å². The monoisotopic (exact) mass is 698 g/mol. The summed E-state index contributed by atoms with van der Waals surface area (Å²) in [5.74, 6) is 0.350. The van der Waals surface area contributed by atoms with Crippen LogP contribution in [-0.2, 0) is 5.41 Å². The van der Waals surface area contributed by atoms with Gasteiger partial charge in [0.1, 0.15) is 0 Å². The summed E-state index contributed by atoms with van der Waals surface area (Å²) < 4.78 is 2.38. The molecular weight excluding hydrogens is 653 g/mol. The first-order chi connectivity index (χ1) is 26.4. The van der Waals surface area contributed by atoms with E-state index >= 15 is 0 Å². The minimum absolute atomic E-state index is 0.0522. The quantitative estimate of drug-likeness (QED) is 0.161. The number of benzene rings is 6. The first kappa shape index (κ1) is 33.7. The van der Waals surface area contributed by atoms with Crippen LogP contribution in [0.25, 0.3) is 44.2 Å². The third-order valence-electron chi connectivity index (χ3n) is 11.9. The summed E-state index contributed by atoms with van der Waals surface area (Å²) in [6.45, 7) is 9.32. The van der Waals surface area contributed by atoms with E-state index in [2.05, 4.69) is 213 Å². The molecule has 0 saturated carbocycles. The Morgan fingerprint density at radius 2 is 1.31 bits per heavy atom. The van der Waals surface area contributed by atoms with Crippen molar-refractivity contribution in [2.45, 2.75) is 51.9 Å². The van der Waals surface area contributed by atoms with Gasteiger partial charge in [-0.05, 0) is 108 Å². The molecule has 6 aromatic carbocycles. The third-order valence-corrected chi connectivity index (χ3v) is 11.9. The van der Waals surface area contributed by atoms with Gasteiger partial charge >= 0.3 is 0 Å². The number of allylic oxidation sites excluding steroid dienone is 7. The van der Waals surface area contributed by atoms with Crippen molar-refractivity contribution in [1.29, 1.82) is 0 Å². The Hall–Kier alpha value is -6.12. The summed E-state index contributed by atoms with van der Waals surface area (Å²) in [4.78, 5) is 2.50.